The molecule has 7 nitrogen and oxygen atoms in total. The summed E-state index contributed by atoms with van der Waals surface area (Å²) in [5.41, 5.74) is 6.74. The van der Waals surface area contributed by atoms with Gasteiger partial charge in [-0.3, -0.25) is 14.4 Å². The van der Waals surface area contributed by atoms with E-state index in [1.54, 1.807) is 6.07 Å². The quantitative estimate of drug-likeness (QED) is 0.751. The molecule has 0 bridgehead atoms. The van der Waals surface area contributed by atoms with Gasteiger partial charge in [0.25, 0.3) is 0 Å². The first-order chi connectivity index (χ1) is 10.8. The van der Waals surface area contributed by atoms with Crippen LogP contribution in [0.2, 0.25) is 0 Å². The Balaban J connectivity index is 1.87. The maximum atomic E-state index is 11.3. The number of anilines is 2. The number of amides is 1. The molecule has 1 aromatic carbocycles. The number of nitrogens with zero attached hydrogens (tertiary/aromatic N) is 2. The zero-order valence-corrected chi connectivity index (χ0v) is 14.2. The highest BCUT2D eigenvalue weighted by atomic mass is 32.2. The van der Waals surface area contributed by atoms with Crippen LogP contribution in [0, 0.1) is 0 Å². The molecule has 8 heteroatoms. The summed E-state index contributed by atoms with van der Waals surface area (Å²) in [6.07, 6.45) is 2.37. The minimum absolute atomic E-state index is 0.251. The van der Waals surface area contributed by atoms with E-state index in [2.05, 4.69) is 14.5 Å². The van der Waals surface area contributed by atoms with Crippen LogP contribution < -0.4 is 15.4 Å². The number of carbonyl (C=O) groups is 1. The number of nitrogens with one attached hydrogen (secondary N) is 1. The first-order valence-corrected chi connectivity index (χ1v) is 9.56. The van der Waals surface area contributed by atoms with Crippen molar-refractivity contribution in [3.63, 3.8) is 0 Å². The Kier molecular flexibility index (Phi) is 5.84. The summed E-state index contributed by atoms with van der Waals surface area (Å²) in [5, 5.41) is 0. The SMILES string of the molecule is CS(=O)(=O)Nc1cccc(N2CCN(CCCC(N)=O)CC2)c1. The van der Waals surface area contributed by atoms with Crippen molar-refractivity contribution in [1.82, 2.24) is 4.90 Å². The normalized spacial score (nSPS) is 16.3. The highest BCUT2D eigenvalue weighted by Crippen LogP contribution is 2.21. The van der Waals surface area contributed by atoms with E-state index in [4.69, 9.17) is 5.73 Å². The summed E-state index contributed by atoms with van der Waals surface area (Å²) < 4.78 is 25.1. The van der Waals surface area contributed by atoms with Gasteiger partial charge in [-0.15, -0.1) is 0 Å². The Morgan fingerprint density at radius 2 is 1.96 bits per heavy atom. The van der Waals surface area contributed by atoms with Gasteiger partial charge in [-0.25, -0.2) is 8.42 Å². The van der Waals surface area contributed by atoms with Gasteiger partial charge in [-0.2, -0.15) is 0 Å². The number of primary amides is 1. The molecule has 1 aromatic rings. The molecular formula is C15H24N4O3S. The fraction of sp³-hybridized carbons (Fsp3) is 0.533. The first kappa shape index (κ1) is 17.6. The van der Waals surface area contributed by atoms with Crippen molar-refractivity contribution in [3.05, 3.63) is 24.3 Å². The Labute approximate surface area is 137 Å². The Morgan fingerprint density at radius 3 is 2.57 bits per heavy atom. The number of hydrogen-bond donors (Lipinski definition) is 2. The third-order valence-electron chi connectivity index (χ3n) is 3.78. The second-order valence-electron chi connectivity index (χ2n) is 5.82. The molecular weight excluding hydrogens is 316 g/mol. The number of rotatable bonds is 7. The highest BCUT2D eigenvalue weighted by molar-refractivity contribution is 7.92. The van der Waals surface area contributed by atoms with Crippen molar-refractivity contribution in [2.45, 2.75) is 12.8 Å². The van der Waals surface area contributed by atoms with Gasteiger partial charge < -0.3 is 10.6 Å². The molecule has 1 aliphatic heterocycles. The third kappa shape index (κ3) is 6.07. The molecule has 3 N–H and O–H groups in total. The van der Waals surface area contributed by atoms with E-state index in [1.165, 1.54) is 0 Å². The summed E-state index contributed by atoms with van der Waals surface area (Å²) in [6, 6.07) is 7.42. The molecule has 1 saturated heterocycles. The largest absolute Gasteiger partial charge is 0.370 e. The van der Waals surface area contributed by atoms with E-state index in [0.29, 0.717) is 12.1 Å². The van der Waals surface area contributed by atoms with Gasteiger partial charge in [-0.05, 0) is 31.2 Å². The zero-order chi connectivity index (χ0) is 16.9. The van der Waals surface area contributed by atoms with Crippen LogP contribution in [0.4, 0.5) is 11.4 Å². The summed E-state index contributed by atoms with van der Waals surface area (Å²) in [7, 11) is -3.27. The van der Waals surface area contributed by atoms with E-state index in [0.717, 1.165) is 51.1 Å². The van der Waals surface area contributed by atoms with Crippen LogP contribution in [0.15, 0.2) is 24.3 Å². The molecule has 0 spiro atoms. The van der Waals surface area contributed by atoms with E-state index < -0.39 is 10.0 Å². The summed E-state index contributed by atoms with van der Waals surface area (Å²) in [6.45, 7) is 4.47. The Bertz CT molecular complexity index is 640. The van der Waals surface area contributed by atoms with Gasteiger partial charge in [0.15, 0.2) is 0 Å². The van der Waals surface area contributed by atoms with E-state index in [1.807, 2.05) is 18.2 Å². The predicted octanol–water partition coefficient (Wildman–Crippen LogP) is 0.446. The lowest BCUT2D eigenvalue weighted by Crippen LogP contribution is -2.46. The summed E-state index contributed by atoms with van der Waals surface area (Å²) in [4.78, 5) is 15.3. The average Bonchev–Trinajstić information content (AvgIpc) is 2.46. The van der Waals surface area contributed by atoms with E-state index in [9.17, 15) is 13.2 Å². The molecule has 1 amide bonds. The van der Waals surface area contributed by atoms with Gasteiger partial charge in [0.05, 0.1) is 11.9 Å². The van der Waals surface area contributed by atoms with Crippen molar-refractivity contribution in [2.24, 2.45) is 5.73 Å². The zero-order valence-electron chi connectivity index (χ0n) is 13.4. The second kappa shape index (κ2) is 7.65. The number of piperazine rings is 1. The third-order valence-corrected chi connectivity index (χ3v) is 4.39. The van der Waals surface area contributed by atoms with E-state index in [-0.39, 0.29) is 5.91 Å². The molecule has 0 aliphatic carbocycles. The number of sulfonamides is 1. The molecule has 1 aliphatic rings. The van der Waals surface area contributed by atoms with Crippen LogP contribution in [0.25, 0.3) is 0 Å². The Hall–Kier alpha value is -1.80. The smallest absolute Gasteiger partial charge is 0.229 e. The van der Waals surface area contributed by atoms with Gasteiger partial charge in [0.1, 0.15) is 0 Å². The molecule has 0 aromatic heterocycles. The van der Waals surface area contributed by atoms with Gasteiger partial charge in [-0.1, -0.05) is 6.07 Å². The van der Waals surface area contributed by atoms with Crippen molar-refractivity contribution in [3.8, 4) is 0 Å². The number of carbonyl (C=O) groups excluding carboxylic acids is 1. The van der Waals surface area contributed by atoms with Gasteiger partial charge in [0.2, 0.25) is 15.9 Å². The topological polar surface area (TPSA) is 95.7 Å². The lowest BCUT2D eigenvalue weighted by atomic mass is 10.2. The molecule has 0 unspecified atom stereocenters. The number of hydrogen-bond acceptors (Lipinski definition) is 5. The lowest BCUT2D eigenvalue weighted by molar-refractivity contribution is -0.118. The van der Waals surface area contributed by atoms with E-state index >= 15 is 0 Å². The molecule has 23 heavy (non-hydrogen) atoms. The van der Waals surface area contributed by atoms with Crippen molar-refractivity contribution >= 4 is 27.3 Å². The van der Waals surface area contributed by atoms with Crippen molar-refractivity contribution in [2.75, 3.05) is 48.6 Å². The van der Waals surface area contributed by atoms with Crippen LogP contribution in [0.1, 0.15) is 12.8 Å². The fourth-order valence-corrected chi connectivity index (χ4v) is 3.24. The summed E-state index contributed by atoms with van der Waals surface area (Å²) in [5.74, 6) is -0.251. The maximum absolute atomic E-state index is 11.3. The van der Waals surface area contributed by atoms with Crippen molar-refractivity contribution < 1.29 is 13.2 Å². The molecule has 1 heterocycles. The van der Waals surface area contributed by atoms with Crippen LogP contribution in [-0.2, 0) is 14.8 Å². The molecule has 0 radical (unpaired) electrons. The average molecular weight is 340 g/mol. The molecule has 128 valence electrons. The highest BCUT2D eigenvalue weighted by Gasteiger charge is 2.17. The monoisotopic (exact) mass is 340 g/mol. The summed E-state index contributed by atoms with van der Waals surface area (Å²) >= 11 is 0. The van der Waals surface area contributed by atoms with Gasteiger partial charge in [0, 0.05) is 38.3 Å². The second-order valence-corrected chi connectivity index (χ2v) is 7.57. The van der Waals surface area contributed by atoms with Crippen LogP contribution in [-0.4, -0.2) is 58.2 Å². The lowest BCUT2D eigenvalue weighted by Gasteiger charge is -2.36. The number of nitrogens with two attached hydrogens (primary N) is 1. The minimum Gasteiger partial charge on any atom is -0.370 e. The molecule has 1 fully saturated rings. The minimum atomic E-state index is -3.27. The number of benzene rings is 1. The van der Waals surface area contributed by atoms with Crippen LogP contribution >= 0.6 is 0 Å². The standard InChI is InChI=1S/C15H24N4O3S/c1-23(21,22)17-13-4-2-5-14(12-13)19-10-8-18(9-11-19)7-3-6-15(16)20/h2,4-5,12,17H,3,6-11H2,1H3,(H2,16,20). The van der Waals surface area contributed by atoms with Gasteiger partial charge >= 0.3 is 0 Å². The van der Waals surface area contributed by atoms with Crippen LogP contribution in [0.5, 0.6) is 0 Å². The first-order valence-electron chi connectivity index (χ1n) is 7.67. The molecule has 0 atom stereocenters. The van der Waals surface area contributed by atoms with Crippen molar-refractivity contribution in [1.29, 1.82) is 0 Å². The molecule has 2 rings (SSSR count). The maximum Gasteiger partial charge on any atom is 0.229 e. The Morgan fingerprint density at radius 1 is 1.26 bits per heavy atom. The predicted molar refractivity (Wildman–Crippen MR) is 92.0 cm³/mol. The molecule has 0 saturated carbocycles. The fourth-order valence-electron chi connectivity index (χ4n) is 2.69. The van der Waals surface area contributed by atoms with Crippen LogP contribution in [0.3, 0.4) is 0 Å².